The summed E-state index contributed by atoms with van der Waals surface area (Å²) in [6.45, 7) is 3.95. The number of nitro groups is 1. The first-order valence-electron chi connectivity index (χ1n) is 8.59. The Bertz CT molecular complexity index is 1010. The highest BCUT2D eigenvalue weighted by Crippen LogP contribution is 2.32. The zero-order chi connectivity index (χ0) is 19.4. The predicted molar refractivity (Wildman–Crippen MR) is 107 cm³/mol. The van der Waals surface area contributed by atoms with Gasteiger partial charge >= 0.3 is 5.69 Å². The van der Waals surface area contributed by atoms with Gasteiger partial charge in [-0.05, 0) is 49.1 Å². The summed E-state index contributed by atoms with van der Waals surface area (Å²) in [6, 6.07) is 18.7. The molecule has 3 rings (SSSR count). The molecule has 0 saturated carbocycles. The van der Waals surface area contributed by atoms with Crippen molar-refractivity contribution in [1.29, 1.82) is 0 Å². The van der Waals surface area contributed by atoms with Crippen LogP contribution in [0.3, 0.4) is 0 Å². The lowest BCUT2D eigenvalue weighted by molar-refractivity contribution is -0.385. The molecule has 0 atom stereocenters. The van der Waals surface area contributed by atoms with Gasteiger partial charge in [-0.15, -0.1) is 0 Å². The van der Waals surface area contributed by atoms with Gasteiger partial charge in [0, 0.05) is 17.8 Å². The van der Waals surface area contributed by atoms with E-state index >= 15 is 0 Å². The Balaban J connectivity index is 2.00. The maximum atomic E-state index is 11.3. The van der Waals surface area contributed by atoms with Gasteiger partial charge in [-0.2, -0.15) is 0 Å². The first kappa shape index (κ1) is 18.3. The number of aromatic hydroxyl groups is 1. The Morgan fingerprint density at radius 3 is 2.44 bits per heavy atom. The fraction of sp³-hybridized carbons (Fsp3) is 0.136. The van der Waals surface area contributed by atoms with Gasteiger partial charge < -0.3 is 5.11 Å². The van der Waals surface area contributed by atoms with Crippen LogP contribution in [0.2, 0.25) is 0 Å². The minimum absolute atomic E-state index is 0.314. The second kappa shape index (κ2) is 7.83. The largest absolute Gasteiger partial charge is 0.502 e. The summed E-state index contributed by atoms with van der Waals surface area (Å²) in [5, 5.41) is 21.7. The molecule has 0 bridgehead atoms. The van der Waals surface area contributed by atoms with Gasteiger partial charge in [0.25, 0.3) is 0 Å². The highest BCUT2D eigenvalue weighted by Gasteiger charge is 2.18. The second-order valence-corrected chi connectivity index (χ2v) is 6.52. The monoisotopic (exact) mass is 360 g/mol. The Labute approximate surface area is 157 Å². The summed E-state index contributed by atoms with van der Waals surface area (Å²) in [5.74, 6) is -0.370. The molecule has 3 aromatic rings. The summed E-state index contributed by atoms with van der Waals surface area (Å²) in [7, 11) is 0. The van der Waals surface area contributed by atoms with E-state index in [0.29, 0.717) is 12.0 Å². The van der Waals surface area contributed by atoms with Gasteiger partial charge in [0.1, 0.15) is 0 Å². The summed E-state index contributed by atoms with van der Waals surface area (Å²) < 4.78 is 0. The zero-order valence-corrected chi connectivity index (χ0v) is 15.2. The number of rotatable bonds is 5. The molecule has 0 unspecified atom stereocenters. The van der Waals surface area contributed by atoms with Crippen LogP contribution in [0.4, 0.5) is 11.4 Å². The van der Waals surface area contributed by atoms with Crippen LogP contribution in [0.1, 0.15) is 27.8 Å². The van der Waals surface area contributed by atoms with Crippen molar-refractivity contribution in [1.82, 2.24) is 0 Å². The van der Waals surface area contributed by atoms with Crippen LogP contribution < -0.4 is 0 Å². The molecule has 136 valence electrons. The maximum Gasteiger partial charge on any atom is 0.311 e. The lowest BCUT2D eigenvalue weighted by atomic mass is 10.0. The first-order valence-corrected chi connectivity index (χ1v) is 8.59. The van der Waals surface area contributed by atoms with Crippen LogP contribution in [-0.4, -0.2) is 16.2 Å². The van der Waals surface area contributed by atoms with E-state index in [1.165, 1.54) is 12.3 Å². The van der Waals surface area contributed by atoms with Crippen LogP contribution in [0.5, 0.6) is 5.75 Å². The first-order chi connectivity index (χ1) is 12.9. The maximum absolute atomic E-state index is 11.3. The molecule has 1 N–H and O–H groups in total. The molecule has 0 spiro atoms. The number of hydrogen-bond acceptors (Lipinski definition) is 4. The predicted octanol–water partition coefficient (Wildman–Crippen LogP) is 5.26. The lowest BCUT2D eigenvalue weighted by Gasteiger charge is -2.07. The van der Waals surface area contributed by atoms with Crippen LogP contribution in [0.25, 0.3) is 0 Å². The topological polar surface area (TPSA) is 75.7 Å². The molecule has 0 aliphatic carbocycles. The molecule has 0 amide bonds. The molecular formula is C22H20N2O3. The third-order valence-corrected chi connectivity index (χ3v) is 4.32. The Morgan fingerprint density at radius 1 is 1.04 bits per heavy atom. The number of aliphatic imine (C=N–C) groups is 1. The Hall–Kier alpha value is -3.47. The van der Waals surface area contributed by atoms with Crippen molar-refractivity contribution in [2.45, 2.75) is 20.3 Å². The third kappa shape index (κ3) is 4.39. The number of phenolic OH excluding ortho intramolecular Hbond substituents is 1. The molecule has 0 aliphatic rings. The van der Waals surface area contributed by atoms with E-state index in [4.69, 9.17) is 0 Å². The molecule has 5 nitrogen and oxygen atoms in total. The molecule has 0 fully saturated rings. The van der Waals surface area contributed by atoms with Crippen molar-refractivity contribution >= 4 is 17.6 Å². The van der Waals surface area contributed by atoms with E-state index in [1.54, 1.807) is 6.07 Å². The van der Waals surface area contributed by atoms with Crippen molar-refractivity contribution < 1.29 is 10.0 Å². The normalized spacial score (nSPS) is 11.0. The van der Waals surface area contributed by atoms with Crippen molar-refractivity contribution in [3.05, 3.63) is 98.6 Å². The van der Waals surface area contributed by atoms with Crippen LogP contribution >= 0.6 is 0 Å². The van der Waals surface area contributed by atoms with Gasteiger partial charge in [-0.3, -0.25) is 15.1 Å². The van der Waals surface area contributed by atoms with E-state index in [2.05, 4.69) is 4.99 Å². The van der Waals surface area contributed by atoms with Gasteiger partial charge in [0.15, 0.2) is 0 Å². The van der Waals surface area contributed by atoms with Crippen molar-refractivity contribution in [3.63, 3.8) is 0 Å². The fourth-order valence-electron chi connectivity index (χ4n) is 2.96. The number of benzene rings is 3. The van der Waals surface area contributed by atoms with E-state index in [9.17, 15) is 15.2 Å². The summed E-state index contributed by atoms with van der Waals surface area (Å²) in [4.78, 5) is 15.2. The van der Waals surface area contributed by atoms with Crippen molar-refractivity contribution in [3.8, 4) is 5.75 Å². The highest BCUT2D eigenvalue weighted by molar-refractivity contribution is 5.88. The summed E-state index contributed by atoms with van der Waals surface area (Å²) in [5.41, 5.74) is 4.69. The van der Waals surface area contributed by atoms with Crippen LogP contribution in [0.15, 0.2) is 65.7 Å². The van der Waals surface area contributed by atoms with E-state index in [-0.39, 0.29) is 11.4 Å². The van der Waals surface area contributed by atoms with Crippen molar-refractivity contribution in [2.24, 2.45) is 4.99 Å². The third-order valence-electron chi connectivity index (χ3n) is 4.32. The molecule has 5 heteroatoms. The number of phenols is 1. The molecule has 0 radical (unpaired) electrons. The standard InChI is InChI=1S/C22H20N2O3/c1-15-8-9-20(16(2)10-15)23-14-19-12-18(11-17-6-4-3-5-7-17)13-21(22(19)25)24(26)27/h3-10,12-14,25H,11H2,1-2H3. The average molecular weight is 360 g/mol. The summed E-state index contributed by atoms with van der Waals surface area (Å²) in [6.07, 6.45) is 2.01. The van der Waals surface area contributed by atoms with E-state index in [1.807, 2.05) is 62.4 Å². The molecule has 0 aromatic heterocycles. The fourth-order valence-corrected chi connectivity index (χ4v) is 2.96. The molecule has 0 heterocycles. The van der Waals surface area contributed by atoms with Crippen molar-refractivity contribution in [2.75, 3.05) is 0 Å². The molecule has 3 aromatic carbocycles. The van der Waals surface area contributed by atoms with Gasteiger partial charge in [0.05, 0.1) is 10.6 Å². The highest BCUT2D eigenvalue weighted by atomic mass is 16.6. The number of nitro benzene ring substituents is 1. The average Bonchev–Trinajstić information content (AvgIpc) is 2.63. The molecule has 27 heavy (non-hydrogen) atoms. The smallest absolute Gasteiger partial charge is 0.311 e. The quantitative estimate of drug-likeness (QED) is 0.383. The second-order valence-electron chi connectivity index (χ2n) is 6.52. The van der Waals surface area contributed by atoms with E-state index < -0.39 is 4.92 Å². The van der Waals surface area contributed by atoms with Gasteiger partial charge in [-0.1, -0.05) is 48.0 Å². The minimum atomic E-state index is -0.571. The Kier molecular flexibility index (Phi) is 5.31. The molecular weight excluding hydrogens is 340 g/mol. The number of nitrogens with zero attached hydrogens (tertiary/aromatic N) is 2. The lowest BCUT2D eigenvalue weighted by Crippen LogP contribution is -1.97. The minimum Gasteiger partial charge on any atom is -0.502 e. The SMILES string of the molecule is Cc1ccc(N=Cc2cc(Cc3ccccc3)cc([N+](=O)[O-])c2O)c(C)c1. The number of hydrogen-bond donors (Lipinski definition) is 1. The molecule has 0 saturated heterocycles. The van der Waals surface area contributed by atoms with Crippen LogP contribution in [0, 0.1) is 24.0 Å². The summed E-state index contributed by atoms with van der Waals surface area (Å²) >= 11 is 0. The Morgan fingerprint density at radius 2 is 1.78 bits per heavy atom. The molecule has 0 aliphatic heterocycles. The number of aryl methyl sites for hydroxylation is 2. The zero-order valence-electron chi connectivity index (χ0n) is 15.2. The van der Waals surface area contributed by atoms with Gasteiger partial charge in [0.2, 0.25) is 5.75 Å². The van der Waals surface area contributed by atoms with Crippen LogP contribution in [-0.2, 0) is 6.42 Å². The van der Waals surface area contributed by atoms with E-state index in [0.717, 1.165) is 27.9 Å². The van der Waals surface area contributed by atoms with Gasteiger partial charge in [-0.25, -0.2) is 0 Å².